The first kappa shape index (κ1) is 16.4. The molecule has 1 aliphatic heterocycles. The van der Waals surface area contributed by atoms with Gasteiger partial charge in [-0.1, -0.05) is 30.3 Å². The molecule has 0 aromatic heterocycles. The SMILES string of the molecule is Cc1ccccc1OCC(=O)NC(C)Cc1ccc2c(c1)CCO2. The van der Waals surface area contributed by atoms with Crippen molar-refractivity contribution in [2.24, 2.45) is 0 Å². The van der Waals surface area contributed by atoms with Crippen LogP contribution in [-0.4, -0.2) is 25.2 Å². The summed E-state index contributed by atoms with van der Waals surface area (Å²) >= 11 is 0. The van der Waals surface area contributed by atoms with Crippen molar-refractivity contribution < 1.29 is 14.3 Å². The van der Waals surface area contributed by atoms with E-state index in [1.165, 1.54) is 11.1 Å². The van der Waals surface area contributed by atoms with Crippen molar-refractivity contribution in [1.82, 2.24) is 5.32 Å². The summed E-state index contributed by atoms with van der Waals surface area (Å²) in [5.41, 5.74) is 3.50. The number of aryl methyl sites for hydroxylation is 1. The van der Waals surface area contributed by atoms with E-state index in [0.717, 1.165) is 36.5 Å². The third-order valence-electron chi connectivity index (χ3n) is 4.16. The zero-order chi connectivity index (χ0) is 16.9. The minimum atomic E-state index is -0.102. The number of carbonyl (C=O) groups excluding carboxylic acids is 1. The zero-order valence-electron chi connectivity index (χ0n) is 14.2. The number of benzene rings is 2. The fourth-order valence-corrected chi connectivity index (χ4v) is 2.95. The van der Waals surface area contributed by atoms with Crippen molar-refractivity contribution in [3.05, 3.63) is 59.2 Å². The van der Waals surface area contributed by atoms with Crippen LogP contribution in [0.5, 0.6) is 11.5 Å². The molecular formula is C20H23NO3. The molecule has 1 heterocycles. The molecule has 2 aromatic rings. The number of rotatable bonds is 6. The van der Waals surface area contributed by atoms with E-state index in [0.29, 0.717) is 0 Å². The summed E-state index contributed by atoms with van der Waals surface area (Å²) in [6.45, 7) is 4.78. The lowest BCUT2D eigenvalue weighted by atomic mass is 10.0. The van der Waals surface area contributed by atoms with Gasteiger partial charge in [-0.25, -0.2) is 0 Å². The molecule has 0 bridgehead atoms. The van der Waals surface area contributed by atoms with E-state index >= 15 is 0 Å². The second kappa shape index (κ2) is 7.39. The molecule has 1 unspecified atom stereocenters. The molecule has 4 heteroatoms. The number of fused-ring (bicyclic) bond motifs is 1. The quantitative estimate of drug-likeness (QED) is 0.888. The van der Waals surface area contributed by atoms with E-state index in [-0.39, 0.29) is 18.6 Å². The molecule has 0 spiro atoms. The Morgan fingerprint density at radius 2 is 2.12 bits per heavy atom. The lowest BCUT2D eigenvalue weighted by Gasteiger charge is -2.15. The highest BCUT2D eigenvalue weighted by Gasteiger charge is 2.14. The van der Waals surface area contributed by atoms with Crippen molar-refractivity contribution >= 4 is 5.91 Å². The topological polar surface area (TPSA) is 47.6 Å². The minimum absolute atomic E-state index is 0.0349. The molecule has 2 aromatic carbocycles. The van der Waals surface area contributed by atoms with Crippen molar-refractivity contribution in [3.8, 4) is 11.5 Å². The second-order valence-corrected chi connectivity index (χ2v) is 6.27. The number of hydrogen-bond donors (Lipinski definition) is 1. The highest BCUT2D eigenvalue weighted by atomic mass is 16.5. The van der Waals surface area contributed by atoms with Crippen molar-refractivity contribution in [3.63, 3.8) is 0 Å². The van der Waals surface area contributed by atoms with Crippen LogP contribution in [0.4, 0.5) is 0 Å². The van der Waals surface area contributed by atoms with Gasteiger partial charge >= 0.3 is 0 Å². The molecule has 1 atom stereocenters. The first-order valence-corrected chi connectivity index (χ1v) is 8.34. The molecule has 3 rings (SSSR count). The third kappa shape index (κ3) is 4.07. The Hall–Kier alpha value is -2.49. The van der Waals surface area contributed by atoms with Gasteiger partial charge in [-0.3, -0.25) is 4.79 Å². The summed E-state index contributed by atoms with van der Waals surface area (Å²) in [5, 5.41) is 2.99. The Labute approximate surface area is 142 Å². The first-order chi connectivity index (χ1) is 11.6. The van der Waals surface area contributed by atoms with Crippen molar-refractivity contribution in [2.75, 3.05) is 13.2 Å². The number of hydrogen-bond acceptors (Lipinski definition) is 3. The number of nitrogens with one attached hydrogen (secondary N) is 1. The summed E-state index contributed by atoms with van der Waals surface area (Å²) < 4.78 is 11.1. The summed E-state index contributed by atoms with van der Waals surface area (Å²) in [6, 6.07) is 14.0. The zero-order valence-corrected chi connectivity index (χ0v) is 14.2. The molecule has 4 nitrogen and oxygen atoms in total. The van der Waals surface area contributed by atoms with E-state index < -0.39 is 0 Å². The van der Waals surface area contributed by atoms with Crippen molar-refractivity contribution in [2.45, 2.75) is 32.7 Å². The standard InChI is InChI=1S/C20H23NO3/c1-14-5-3-4-6-18(14)24-13-20(22)21-15(2)11-16-7-8-19-17(12-16)9-10-23-19/h3-8,12,15H,9-11,13H2,1-2H3,(H,21,22). The maximum Gasteiger partial charge on any atom is 0.258 e. The summed E-state index contributed by atoms with van der Waals surface area (Å²) in [6.07, 6.45) is 1.76. The Morgan fingerprint density at radius 3 is 2.96 bits per heavy atom. The molecule has 126 valence electrons. The molecule has 1 aliphatic rings. The Morgan fingerprint density at radius 1 is 1.29 bits per heavy atom. The van der Waals surface area contributed by atoms with Crippen LogP contribution in [0.2, 0.25) is 0 Å². The van der Waals surface area contributed by atoms with Gasteiger partial charge in [-0.2, -0.15) is 0 Å². The maximum atomic E-state index is 12.1. The van der Waals surface area contributed by atoms with Crippen LogP contribution in [0.1, 0.15) is 23.6 Å². The number of amides is 1. The third-order valence-corrected chi connectivity index (χ3v) is 4.16. The minimum Gasteiger partial charge on any atom is -0.493 e. The molecule has 0 saturated carbocycles. The van der Waals surface area contributed by atoms with Gasteiger partial charge in [0.2, 0.25) is 0 Å². The monoisotopic (exact) mass is 325 g/mol. The first-order valence-electron chi connectivity index (χ1n) is 8.34. The van der Waals surface area contributed by atoms with Gasteiger partial charge in [0.05, 0.1) is 6.61 Å². The van der Waals surface area contributed by atoms with Gasteiger partial charge in [0.25, 0.3) is 5.91 Å². The predicted octanol–water partition coefficient (Wildman–Crippen LogP) is 3.06. The lowest BCUT2D eigenvalue weighted by Crippen LogP contribution is -2.37. The van der Waals surface area contributed by atoms with E-state index in [2.05, 4.69) is 17.4 Å². The Kier molecular flexibility index (Phi) is 5.04. The number of ether oxygens (including phenoxy) is 2. The predicted molar refractivity (Wildman–Crippen MR) is 93.6 cm³/mol. The normalized spacial score (nSPS) is 13.8. The summed E-state index contributed by atoms with van der Waals surface area (Å²) in [7, 11) is 0. The van der Waals surface area contributed by atoms with Gasteiger partial charge in [-0.05, 0) is 49.1 Å². The maximum absolute atomic E-state index is 12.1. The van der Waals surface area contributed by atoms with E-state index in [9.17, 15) is 4.79 Å². The average Bonchev–Trinajstić information content (AvgIpc) is 3.01. The Bertz CT molecular complexity index is 727. The average molecular weight is 325 g/mol. The van der Waals surface area contributed by atoms with E-state index in [4.69, 9.17) is 9.47 Å². The fourth-order valence-electron chi connectivity index (χ4n) is 2.95. The molecule has 0 radical (unpaired) electrons. The largest absolute Gasteiger partial charge is 0.493 e. The summed E-state index contributed by atoms with van der Waals surface area (Å²) in [5.74, 6) is 1.64. The van der Waals surface area contributed by atoms with Gasteiger partial charge in [0, 0.05) is 12.5 Å². The molecule has 0 aliphatic carbocycles. The van der Waals surface area contributed by atoms with Crippen LogP contribution in [0.3, 0.4) is 0 Å². The van der Waals surface area contributed by atoms with Crippen LogP contribution in [-0.2, 0) is 17.6 Å². The van der Waals surface area contributed by atoms with Gasteiger partial charge in [-0.15, -0.1) is 0 Å². The lowest BCUT2D eigenvalue weighted by molar-refractivity contribution is -0.123. The number of carbonyl (C=O) groups is 1. The highest BCUT2D eigenvalue weighted by Crippen LogP contribution is 2.26. The molecular weight excluding hydrogens is 302 g/mol. The summed E-state index contributed by atoms with van der Waals surface area (Å²) in [4.78, 5) is 12.1. The molecule has 1 amide bonds. The highest BCUT2D eigenvalue weighted by molar-refractivity contribution is 5.77. The van der Waals surface area contributed by atoms with Crippen LogP contribution in [0.15, 0.2) is 42.5 Å². The van der Waals surface area contributed by atoms with Crippen LogP contribution in [0.25, 0.3) is 0 Å². The molecule has 1 N–H and O–H groups in total. The van der Waals surface area contributed by atoms with Gasteiger partial charge < -0.3 is 14.8 Å². The fraction of sp³-hybridized carbons (Fsp3) is 0.350. The van der Waals surface area contributed by atoms with Gasteiger partial charge in [0.15, 0.2) is 6.61 Å². The van der Waals surface area contributed by atoms with Crippen molar-refractivity contribution in [1.29, 1.82) is 0 Å². The Balaban J connectivity index is 1.48. The van der Waals surface area contributed by atoms with Crippen LogP contribution >= 0.6 is 0 Å². The molecule has 0 fully saturated rings. The molecule has 24 heavy (non-hydrogen) atoms. The number of para-hydroxylation sites is 1. The van der Waals surface area contributed by atoms with E-state index in [1.807, 2.05) is 44.2 Å². The van der Waals surface area contributed by atoms with Gasteiger partial charge in [0.1, 0.15) is 11.5 Å². The smallest absolute Gasteiger partial charge is 0.258 e. The second-order valence-electron chi connectivity index (χ2n) is 6.27. The van der Waals surface area contributed by atoms with E-state index in [1.54, 1.807) is 0 Å². The van der Waals surface area contributed by atoms with Crippen LogP contribution in [0, 0.1) is 6.92 Å². The molecule has 0 saturated heterocycles. The van der Waals surface area contributed by atoms with Crippen LogP contribution < -0.4 is 14.8 Å².